The molecule has 0 aliphatic rings. The van der Waals surface area contributed by atoms with Gasteiger partial charge in [0.25, 0.3) is 5.88 Å². The van der Waals surface area contributed by atoms with E-state index in [0.29, 0.717) is 11.3 Å². The zero-order valence-corrected chi connectivity index (χ0v) is 10.1. The zero-order valence-electron chi connectivity index (χ0n) is 10.1. The largest absolute Gasteiger partial charge is 0.434 e. The first-order valence-corrected chi connectivity index (χ1v) is 5.46. The number of nitrogens with zero attached hydrogens (tertiary/aromatic N) is 2. The Bertz CT molecular complexity index is 623. The summed E-state index contributed by atoms with van der Waals surface area (Å²) in [7, 11) is 0. The average Bonchev–Trinajstić information content (AvgIpc) is 2.39. The van der Waals surface area contributed by atoms with Gasteiger partial charge in [0.05, 0.1) is 4.92 Å². The van der Waals surface area contributed by atoms with E-state index in [1.807, 2.05) is 0 Å². The molecule has 0 atom stereocenters. The van der Waals surface area contributed by atoms with Gasteiger partial charge in [-0.2, -0.15) is 0 Å². The monoisotopic (exact) mass is 258 g/mol. The number of benzene rings is 1. The highest BCUT2D eigenvalue weighted by Gasteiger charge is 2.16. The molecule has 1 aromatic heterocycles. The molecule has 0 N–H and O–H groups in total. The third kappa shape index (κ3) is 2.92. The normalized spacial score (nSPS) is 9.95. The number of ether oxygens (including phenoxy) is 1. The van der Waals surface area contributed by atoms with Crippen molar-refractivity contribution < 1.29 is 14.5 Å². The fourth-order valence-electron chi connectivity index (χ4n) is 1.47. The van der Waals surface area contributed by atoms with Crippen LogP contribution in [0, 0.1) is 10.1 Å². The molecule has 0 bridgehead atoms. The van der Waals surface area contributed by atoms with Crippen molar-refractivity contribution >= 4 is 11.5 Å². The summed E-state index contributed by atoms with van der Waals surface area (Å²) in [5.41, 5.74) is 0.334. The molecule has 6 heteroatoms. The molecule has 0 aliphatic heterocycles. The third-order valence-electron chi connectivity index (χ3n) is 2.42. The van der Waals surface area contributed by atoms with Gasteiger partial charge in [-0.15, -0.1) is 0 Å². The maximum atomic E-state index is 11.1. The molecule has 19 heavy (non-hydrogen) atoms. The van der Waals surface area contributed by atoms with Crippen molar-refractivity contribution in [1.82, 2.24) is 4.98 Å². The summed E-state index contributed by atoms with van der Waals surface area (Å²) in [5, 5.41) is 10.8. The van der Waals surface area contributed by atoms with E-state index in [4.69, 9.17) is 4.74 Å². The predicted octanol–water partition coefficient (Wildman–Crippen LogP) is 2.98. The van der Waals surface area contributed by atoms with Crippen molar-refractivity contribution in [2.75, 3.05) is 0 Å². The second-order valence-electron chi connectivity index (χ2n) is 3.77. The van der Waals surface area contributed by atoms with Crippen molar-refractivity contribution in [3.05, 3.63) is 58.3 Å². The van der Waals surface area contributed by atoms with Gasteiger partial charge >= 0.3 is 5.69 Å². The number of Topliss-reactive ketones (excluding diaryl/α,β-unsaturated/α-hetero) is 1. The van der Waals surface area contributed by atoms with Crippen molar-refractivity contribution in [1.29, 1.82) is 0 Å². The first kappa shape index (κ1) is 12.7. The fourth-order valence-corrected chi connectivity index (χ4v) is 1.47. The number of carbonyl (C=O) groups excluding carboxylic acids is 1. The number of hydrogen-bond acceptors (Lipinski definition) is 5. The molecule has 2 rings (SSSR count). The Labute approximate surface area is 108 Å². The van der Waals surface area contributed by atoms with E-state index in [9.17, 15) is 14.9 Å². The van der Waals surface area contributed by atoms with Crippen LogP contribution < -0.4 is 4.74 Å². The molecule has 96 valence electrons. The minimum atomic E-state index is -0.563. The lowest BCUT2D eigenvalue weighted by molar-refractivity contribution is -0.386. The number of pyridine rings is 1. The number of carbonyl (C=O) groups is 1. The highest BCUT2D eigenvalue weighted by atomic mass is 16.6. The first-order valence-electron chi connectivity index (χ1n) is 5.46. The van der Waals surface area contributed by atoms with Gasteiger partial charge in [0, 0.05) is 17.8 Å². The molecular weight excluding hydrogens is 248 g/mol. The van der Waals surface area contributed by atoms with E-state index in [1.54, 1.807) is 24.3 Å². The van der Waals surface area contributed by atoms with Crippen molar-refractivity contribution in [3.8, 4) is 11.6 Å². The van der Waals surface area contributed by atoms with Crippen molar-refractivity contribution in [2.24, 2.45) is 0 Å². The van der Waals surface area contributed by atoms with Gasteiger partial charge in [-0.05, 0) is 37.3 Å². The van der Waals surface area contributed by atoms with Gasteiger partial charge in [0.15, 0.2) is 5.78 Å². The molecule has 0 amide bonds. The van der Waals surface area contributed by atoms with Crippen LogP contribution >= 0.6 is 0 Å². The Morgan fingerprint density at radius 2 is 1.95 bits per heavy atom. The van der Waals surface area contributed by atoms with Crippen LogP contribution in [0.5, 0.6) is 11.6 Å². The summed E-state index contributed by atoms with van der Waals surface area (Å²) in [6.45, 7) is 1.46. The lowest BCUT2D eigenvalue weighted by Gasteiger charge is -2.05. The molecule has 6 nitrogen and oxygen atoms in total. The highest BCUT2D eigenvalue weighted by Crippen LogP contribution is 2.28. The van der Waals surface area contributed by atoms with Gasteiger partial charge < -0.3 is 4.74 Å². The van der Waals surface area contributed by atoms with Crippen LogP contribution in [0.25, 0.3) is 0 Å². The first-order chi connectivity index (χ1) is 9.08. The maximum absolute atomic E-state index is 11.1. The second kappa shape index (κ2) is 5.26. The number of aromatic nitrogens is 1. The summed E-state index contributed by atoms with van der Waals surface area (Å²) >= 11 is 0. The smallest absolute Gasteiger partial charge is 0.331 e. The topological polar surface area (TPSA) is 82.3 Å². The summed E-state index contributed by atoms with van der Waals surface area (Å²) in [6, 6.07) is 9.08. The molecule has 1 aromatic carbocycles. The Balaban J connectivity index is 2.26. The summed E-state index contributed by atoms with van der Waals surface area (Å²) in [6.07, 6.45) is 1.41. The van der Waals surface area contributed by atoms with E-state index in [-0.39, 0.29) is 17.4 Å². The van der Waals surface area contributed by atoms with E-state index < -0.39 is 4.92 Å². The van der Waals surface area contributed by atoms with Crippen LogP contribution in [-0.2, 0) is 0 Å². The van der Waals surface area contributed by atoms with Crippen LogP contribution in [0.4, 0.5) is 5.69 Å². The Morgan fingerprint density at radius 1 is 1.26 bits per heavy atom. The lowest BCUT2D eigenvalue weighted by atomic mass is 10.1. The SMILES string of the molecule is CC(=O)c1ccc(Oc2ncccc2[N+](=O)[O-])cc1. The van der Waals surface area contributed by atoms with Gasteiger partial charge in [-0.1, -0.05) is 0 Å². The molecule has 0 aliphatic carbocycles. The van der Waals surface area contributed by atoms with Gasteiger partial charge in [-0.3, -0.25) is 14.9 Å². The Morgan fingerprint density at radius 3 is 2.53 bits per heavy atom. The molecule has 0 saturated carbocycles. The minimum Gasteiger partial charge on any atom is -0.434 e. The van der Waals surface area contributed by atoms with E-state index in [0.717, 1.165) is 0 Å². The maximum Gasteiger partial charge on any atom is 0.331 e. The summed E-state index contributed by atoms with van der Waals surface area (Å²) in [4.78, 5) is 25.2. The average molecular weight is 258 g/mol. The van der Waals surface area contributed by atoms with Crippen LogP contribution in [0.3, 0.4) is 0 Å². The van der Waals surface area contributed by atoms with E-state index in [1.165, 1.54) is 25.3 Å². The molecule has 1 heterocycles. The third-order valence-corrected chi connectivity index (χ3v) is 2.42. The van der Waals surface area contributed by atoms with E-state index >= 15 is 0 Å². The summed E-state index contributed by atoms with van der Waals surface area (Å²) in [5.74, 6) is 0.241. The van der Waals surface area contributed by atoms with Crippen LogP contribution in [0.1, 0.15) is 17.3 Å². The minimum absolute atomic E-state index is 0.0598. The molecule has 0 fully saturated rings. The number of ketones is 1. The quantitative estimate of drug-likeness (QED) is 0.478. The van der Waals surface area contributed by atoms with Gasteiger partial charge in [0.1, 0.15) is 5.75 Å². The number of hydrogen-bond donors (Lipinski definition) is 0. The van der Waals surface area contributed by atoms with Crippen LogP contribution in [-0.4, -0.2) is 15.7 Å². The van der Waals surface area contributed by atoms with Gasteiger partial charge in [0.2, 0.25) is 0 Å². The Kier molecular flexibility index (Phi) is 3.51. The van der Waals surface area contributed by atoms with Crippen molar-refractivity contribution in [3.63, 3.8) is 0 Å². The summed E-state index contributed by atoms with van der Waals surface area (Å²) < 4.78 is 5.34. The van der Waals surface area contributed by atoms with Crippen molar-refractivity contribution in [2.45, 2.75) is 6.92 Å². The molecule has 0 saturated heterocycles. The molecule has 2 aromatic rings. The predicted molar refractivity (Wildman–Crippen MR) is 67.4 cm³/mol. The molecule has 0 spiro atoms. The van der Waals surface area contributed by atoms with E-state index in [2.05, 4.69) is 4.98 Å². The Hall–Kier alpha value is -2.76. The van der Waals surface area contributed by atoms with Gasteiger partial charge in [-0.25, -0.2) is 4.98 Å². The standard InChI is InChI=1S/C13H10N2O4/c1-9(16)10-4-6-11(7-5-10)19-13-12(15(17)18)3-2-8-14-13/h2-8H,1H3. The number of nitro groups is 1. The fraction of sp³-hybridized carbons (Fsp3) is 0.0769. The number of rotatable bonds is 4. The van der Waals surface area contributed by atoms with Crippen LogP contribution in [0.15, 0.2) is 42.6 Å². The molecule has 0 unspecified atom stereocenters. The highest BCUT2D eigenvalue weighted by molar-refractivity contribution is 5.94. The molecular formula is C13H10N2O4. The molecule has 0 radical (unpaired) electrons. The lowest BCUT2D eigenvalue weighted by Crippen LogP contribution is -1.96. The zero-order chi connectivity index (χ0) is 13.8. The second-order valence-corrected chi connectivity index (χ2v) is 3.77. The van der Waals surface area contributed by atoms with Crippen LogP contribution in [0.2, 0.25) is 0 Å².